The molecular formula is C18H18FNO4S. The minimum Gasteiger partial charge on any atom is -0.465 e. The van der Waals surface area contributed by atoms with Gasteiger partial charge in [-0.25, -0.2) is 17.6 Å². The molecule has 0 saturated carbocycles. The van der Waals surface area contributed by atoms with Gasteiger partial charge < -0.3 is 4.74 Å². The number of carbonyl (C=O) groups excluding carboxylic acids is 1. The molecule has 3 rings (SSSR count). The van der Waals surface area contributed by atoms with Gasteiger partial charge in [0.05, 0.1) is 18.4 Å². The monoisotopic (exact) mass is 363 g/mol. The number of nitrogens with one attached hydrogen (secondary N) is 1. The zero-order chi connectivity index (χ0) is 18.0. The number of anilines is 1. The van der Waals surface area contributed by atoms with E-state index in [2.05, 4.69) is 4.72 Å². The number of aryl methyl sites for hydroxylation is 1. The van der Waals surface area contributed by atoms with Gasteiger partial charge in [-0.3, -0.25) is 4.72 Å². The molecule has 2 aromatic carbocycles. The number of fused-ring (bicyclic) bond motifs is 1. The van der Waals surface area contributed by atoms with Crippen LogP contribution in [0.15, 0.2) is 41.3 Å². The van der Waals surface area contributed by atoms with Gasteiger partial charge in [0.15, 0.2) is 0 Å². The summed E-state index contributed by atoms with van der Waals surface area (Å²) in [4.78, 5) is 11.8. The first kappa shape index (κ1) is 17.4. The van der Waals surface area contributed by atoms with E-state index >= 15 is 0 Å². The van der Waals surface area contributed by atoms with Gasteiger partial charge >= 0.3 is 5.97 Å². The lowest BCUT2D eigenvalue weighted by Gasteiger charge is -2.21. The largest absolute Gasteiger partial charge is 0.465 e. The van der Waals surface area contributed by atoms with Crippen LogP contribution in [0.5, 0.6) is 0 Å². The van der Waals surface area contributed by atoms with Crippen molar-refractivity contribution < 1.29 is 22.3 Å². The van der Waals surface area contributed by atoms with Crippen LogP contribution < -0.4 is 4.72 Å². The van der Waals surface area contributed by atoms with Gasteiger partial charge in [0.25, 0.3) is 10.0 Å². The number of hydrogen-bond acceptors (Lipinski definition) is 4. The van der Waals surface area contributed by atoms with E-state index in [9.17, 15) is 17.6 Å². The molecule has 1 aliphatic carbocycles. The number of rotatable bonds is 4. The van der Waals surface area contributed by atoms with Gasteiger partial charge in [-0.05, 0) is 55.0 Å². The number of benzene rings is 2. The summed E-state index contributed by atoms with van der Waals surface area (Å²) in [6.45, 7) is 0. The molecule has 1 N–H and O–H groups in total. The van der Waals surface area contributed by atoms with Crippen molar-refractivity contribution in [3.63, 3.8) is 0 Å². The lowest BCUT2D eigenvalue weighted by molar-refractivity contribution is 0.0600. The SMILES string of the molecule is COC(=O)c1c(NS(=O)(=O)c2ccccc2F)ccc2c1CCCC2. The predicted octanol–water partition coefficient (Wildman–Crippen LogP) is 3.29. The van der Waals surface area contributed by atoms with Crippen LogP contribution in [0.1, 0.15) is 34.3 Å². The molecule has 0 radical (unpaired) electrons. The Morgan fingerprint density at radius 1 is 1.12 bits per heavy atom. The van der Waals surface area contributed by atoms with Crippen LogP contribution in [0.25, 0.3) is 0 Å². The zero-order valence-corrected chi connectivity index (χ0v) is 14.5. The summed E-state index contributed by atoms with van der Waals surface area (Å²) in [7, 11) is -2.92. The normalized spacial score (nSPS) is 13.8. The Hall–Kier alpha value is -2.41. The van der Waals surface area contributed by atoms with Crippen molar-refractivity contribution in [2.24, 2.45) is 0 Å². The summed E-state index contributed by atoms with van der Waals surface area (Å²) in [5, 5.41) is 0. The molecule has 0 fully saturated rings. The molecule has 5 nitrogen and oxygen atoms in total. The van der Waals surface area contributed by atoms with Crippen molar-refractivity contribution in [2.45, 2.75) is 30.6 Å². The quantitative estimate of drug-likeness (QED) is 0.846. The van der Waals surface area contributed by atoms with Crippen molar-refractivity contribution in [2.75, 3.05) is 11.8 Å². The highest BCUT2D eigenvalue weighted by Gasteiger charge is 2.26. The third-order valence-electron chi connectivity index (χ3n) is 4.29. The Labute approximate surface area is 145 Å². The number of ether oxygens (including phenoxy) is 1. The molecule has 2 aromatic rings. The Kier molecular flexibility index (Phi) is 4.76. The number of esters is 1. The summed E-state index contributed by atoms with van der Waals surface area (Å²) in [5.41, 5.74) is 2.13. The van der Waals surface area contributed by atoms with E-state index in [4.69, 9.17) is 4.74 Å². The van der Waals surface area contributed by atoms with E-state index in [1.165, 1.54) is 31.4 Å². The first-order valence-electron chi connectivity index (χ1n) is 7.94. The molecule has 0 atom stereocenters. The minimum absolute atomic E-state index is 0.107. The third kappa shape index (κ3) is 3.37. The fraction of sp³-hybridized carbons (Fsp3) is 0.278. The average Bonchev–Trinajstić information content (AvgIpc) is 2.61. The highest BCUT2D eigenvalue weighted by atomic mass is 32.2. The Morgan fingerprint density at radius 3 is 2.56 bits per heavy atom. The molecule has 0 spiro atoms. The molecule has 7 heteroatoms. The molecule has 0 heterocycles. The van der Waals surface area contributed by atoms with Gasteiger partial charge in [-0.2, -0.15) is 0 Å². The average molecular weight is 363 g/mol. The first-order chi connectivity index (χ1) is 11.9. The van der Waals surface area contributed by atoms with Crippen LogP contribution in [0.4, 0.5) is 10.1 Å². The molecule has 25 heavy (non-hydrogen) atoms. The summed E-state index contributed by atoms with van der Waals surface area (Å²) < 4.78 is 46.2. The van der Waals surface area contributed by atoms with E-state index in [0.29, 0.717) is 6.42 Å². The predicted molar refractivity (Wildman–Crippen MR) is 91.6 cm³/mol. The number of halogens is 1. The smallest absolute Gasteiger partial charge is 0.340 e. The topological polar surface area (TPSA) is 72.5 Å². The van der Waals surface area contributed by atoms with Gasteiger partial charge in [-0.15, -0.1) is 0 Å². The van der Waals surface area contributed by atoms with E-state index in [1.54, 1.807) is 6.07 Å². The summed E-state index contributed by atoms with van der Waals surface area (Å²) in [6, 6.07) is 8.43. The number of sulfonamides is 1. The van der Waals surface area contributed by atoms with Crippen molar-refractivity contribution in [3.05, 3.63) is 58.9 Å². The standard InChI is InChI=1S/C18H18FNO4S/c1-24-18(21)17-13-7-3-2-6-12(13)10-11-15(17)20-25(22,23)16-9-5-4-8-14(16)19/h4-5,8-11,20H,2-3,6-7H2,1H3. The van der Waals surface area contributed by atoms with Crippen LogP contribution >= 0.6 is 0 Å². The Morgan fingerprint density at radius 2 is 1.84 bits per heavy atom. The minimum atomic E-state index is -4.17. The van der Waals surface area contributed by atoms with Crippen molar-refractivity contribution in [3.8, 4) is 0 Å². The maximum absolute atomic E-state index is 13.9. The zero-order valence-electron chi connectivity index (χ0n) is 13.7. The summed E-state index contributed by atoms with van der Waals surface area (Å²) in [6.07, 6.45) is 3.45. The number of hydrogen-bond donors (Lipinski definition) is 1. The highest BCUT2D eigenvalue weighted by molar-refractivity contribution is 7.92. The Balaban J connectivity index is 2.08. The molecule has 0 aromatic heterocycles. The summed E-state index contributed by atoms with van der Waals surface area (Å²) >= 11 is 0. The molecule has 0 saturated heterocycles. The van der Waals surface area contributed by atoms with E-state index < -0.39 is 26.7 Å². The van der Waals surface area contributed by atoms with Crippen LogP contribution in [0.3, 0.4) is 0 Å². The maximum atomic E-state index is 13.9. The fourth-order valence-corrected chi connectivity index (χ4v) is 4.26. The third-order valence-corrected chi connectivity index (χ3v) is 5.69. The van der Waals surface area contributed by atoms with Gasteiger partial charge in [-0.1, -0.05) is 18.2 Å². The van der Waals surface area contributed by atoms with Gasteiger partial charge in [0.2, 0.25) is 0 Å². The van der Waals surface area contributed by atoms with Crippen LogP contribution in [-0.4, -0.2) is 21.5 Å². The molecule has 1 aliphatic rings. The second-order valence-electron chi connectivity index (χ2n) is 5.86. The second kappa shape index (κ2) is 6.84. The fourth-order valence-electron chi connectivity index (χ4n) is 3.11. The number of carbonyl (C=O) groups is 1. The van der Waals surface area contributed by atoms with Crippen molar-refractivity contribution in [1.82, 2.24) is 0 Å². The van der Waals surface area contributed by atoms with Crippen LogP contribution in [0, 0.1) is 5.82 Å². The molecule has 0 aliphatic heterocycles. The van der Waals surface area contributed by atoms with Crippen molar-refractivity contribution in [1.29, 1.82) is 0 Å². The lowest BCUT2D eigenvalue weighted by Crippen LogP contribution is -2.20. The Bertz CT molecular complexity index is 925. The van der Waals surface area contributed by atoms with Gasteiger partial charge in [0.1, 0.15) is 10.7 Å². The van der Waals surface area contributed by atoms with E-state index in [0.717, 1.165) is 36.5 Å². The van der Waals surface area contributed by atoms with E-state index in [1.807, 2.05) is 0 Å². The summed E-state index contributed by atoms with van der Waals surface area (Å²) in [5.74, 6) is -1.46. The molecule has 132 valence electrons. The first-order valence-corrected chi connectivity index (χ1v) is 9.43. The highest BCUT2D eigenvalue weighted by Crippen LogP contribution is 2.32. The maximum Gasteiger partial charge on any atom is 0.340 e. The second-order valence-corrected chi connectivity index (χ2v) is 7.51. The lowest BCUT2D eigenvalue weighted by atomic mass is 9.87. The number of methoxy groups -OCH3 is 1. The van der Waals surface area contributed by atoms with Crippen LogP contribution in [-0.2, 0) is 27.6 Å². The molecule has 0 unspecified atom stereocenters. The van der Waals surface area contributed by atoms with E-state index in [-0.39, 0.29) is 11.3 Å². The van der Waals surface area contributed by atoms with Gasteiger partial charge in [0, 0.05) is 0 Å². The molecule has 0 amide bonds. The molecule has 0 bridgehead atoms. The van der Waals surface area contributed by atoms with Crippen molar-refractivity contribution >= 4 is 21.7 Å². The molecular weight excluding hydrogens is 345 g/mol. The van der Waals surface area contributed by atoms with Crippen LogP contribution in [0.2, 0.25) is 0 Å².